The molecule has 1 heterocycles. The Balaban J connectivity index is 2.91. The van der Waals surface area contributed by atoms with Gasteiger partial charge in [0.25, 0.3) is 0 Å². The van der Waals surface area contributed by atoms with Crippen molar-refractivity contribution in [2.75, 3.05) is 25.2 Å². The smallest absolute Gasteiger partial charge is 0.416 e. The number of hydrogen-bond acceptors (Lipinski definition) is 4. The van der Waals surface area contributed by atoms with Gasteiger partial charge in [0.15, 0.2) is 0 Å². The molecule has 0 aromatic carbocycles. The number of hydrogen-bond donors (Lipinski definition) is 0. The average molecular weight is 331 g/mol. The lowest BCUT2D eigenvalue weighted by Gasteiger charge is -2.26. The molecule has 5 nitrogen and oxygen atoms in total. The fourth-order valence-corrected chi connectivity index (χ4v) is 1.68. The summed E-state index contributed by atoms with van der Waals surface area (Å²) in [5.41, 5.74) is -0.547. The van der Waals surface area contributed by atoms with Crippen molar-refractivity contribution in [3.8, 4) is 0 Å². The van der Waals surface area contributed by atoms with Gasteiger partial charge in [0, 0.05) is 7.11 Å². The van der Waals surface area contributed by atoms with Gasteiger partial charge in [0.05, 0.1) is 13.2 Å². The first-order chi connectivity index (χ1) is 8.83. The number of pyridine rings is 1. The van der Waals surface area contributed by atoms with Crippen molar-refractivity contribution in [1.29, 1.82) is 0 Å². The van der Waals surface area contributed by atoms with E-state index < -0.39 is 11.7 Å². The van der Waals surface area contributed by atoms with E-state index in [4.69, 9.17) is 9.47 Å². The number of aromatic nitrogens is 1. The predicted octanol–water partition coefficient (Wildman–Crippen LogP) is 3.23. The van der Waals surface area contributed by atoms with Crippen LogP contribution in [0.1, 0.15) is 20.8 Å². The van der Waals surface area contributed by atoms with Crippen molar-refractivity contribution in [2.24, 2.45) is 0 Å². The van der Waals surface area contributed by atoms with Gasteiger partial charge in [-0.1, -0.05) is 6.07 Å². The maximum Gasteiger partial charge on any atom is 0.416 e. The highest BCUT2D eigenvalue weighted by Crippen LogP contribution is 2.18. The lowest BCUT2D eigenvalue weighted by Crippen LogP contribution is -2.39. The number of amides is 1. The number of carbonyl (C=O) groups is 1. The maximum atomic E-state index is 12.2. The summed E-state index contributed by atoms with van der Waals surface area (Å²) in [7, 11) is 1.58. The standard InChI is InChI=1S/C13H19BrN2O3/c1-13(2,3)19-12(17)16(8-9-18-4)11-7-5-6-10(14)15-11/h5-7H,8-9H2,1-4H3. The van der Waals surface area contributed by atoms with Crippen LogP contribution in [-0.2, 0) is 9.47 Å². The molecule has 0 N–H and O–H groups in total. The lowest BCUT2D eigenvalue weighted by molar-refractivity contribution is 0.0568. The second kappa shape index (κ2) is 6.86. The highest BCUT2D eigenvalue weighted by molar-refractivity contribution is 9.10. The molecule has 0 aliphatic rings. The second-order valence-corrected chi connectivity index (χ2v) is 5.76. The fraction of sp³-hybridized carbons (Fsp3) is 0.538. The summed E-state index contributed by atoms with van der Waals surface area (Å²) in [6.45, 7) is 6.28. The Hall–Kier alpha value is -1.14. The summed E-state index contributed by atoms with van der Waals surface area (Å²) < 4.78 is 11.0. The van der Waals surface area contributed by atoms with Crippen molar-refractivity contribution in [3.63, 3.8) is 0 Å². The average Bonchev–Trinajstić information content (AvgIpc) is 2.27. The number of halogens is 1. The lowest BCUT2D eigenvalue weighted by atomic mass is 10.2. The van der Waals surface area contributed by atoms with Crippen molar-refractivity contribution in [1.82, 2.24) is 4.98 Å². The molecule has 0 saturated heterocycles. The molecule has 0 aliphatic carbocycles. The van der Waals surface area contributed by atoms with Crippen LogP contribution in [0.5, 0.6) is 0 Å². The Bertz CT molecular complexity index is 432. The molecule has 0 atom stereocenters. The first-order valence-electron chi connectivity index (χ1n) is 5.95. The molecule has 0 radical (unpaired) electrons. The van der Waals surface area contributed by atoms with Gasteiger partial charge in [-0.25, -0.2) is 9.78 Å². The SMILES string of the molecule is COCCN(C(=O)OC(C)(C)C)c1cccc(Br)n1. The number of anilines is 1. The normalized spacial score (nSPS) is 11.2. The fourth-order valence-electron chi connectivity index (χ4n) is 1.35. The van der Waals surface area contributed by atoms with E-state index in [0.29, 0.717) is 23.6 Å². The minimum Gasteiger partial charge on any atom is -0.443 e. The minimum atomic E-state index is -0.547. The van der Waals surface area contributed by atoms with E-state index in [0.717, 1.165) is 0 Å². The van der Waals surface area contributed by atoms with E-state index in [9.17, 15) is 4.79 Å². The van der Waals surface area contributed by atoms with Gasteiger partial charge >= 0.3 is 6.09 Å². The Morgan fingerprint density at radius 2 is 2.11 bits per heavy atom. The molecule has 0 fully saturated rings. The molecule has 1 aromatic rings. The minimum absolute atomic E-state index is 0.384. The van der Waals surface area contributed by atoms with Crippen LogP contribution in [0.3, 0.4) is 0 Å². The van der Waals surface area contributed by atoms with Crippen molar-refractivity contribution in [2.45, 2.75) is 26.4 Å². The van der Waals surface area contributed by atoms with E-state index in [1.54, 1.807) is 19.2 Å². The second-order valence-electron chi connectivity index (χ2n) is 4.94. The number of methoxy groups -OCH3 is 1. The third-order valence-electron chi connectivity index (χ3n) is 2.11. The van der Waals surface area contributed by atoms with Gasteiger partial charge in [-0.2, -0.15) is 0 Å². The highest BCUT2D eigenvalue weighted by atomic mass is 79.9. The number of carbonyl (C=O) groups excluding carboxylic acids is 1. The first kappa shape index (κ1) is 15.9. The van der Waals surface area contributed by atoms with Gasteiger partial charge in [0.2, 0.25) is 0 Å². The zero-order valence-electron chi connectivity index (χ0n) is 11.6. The Labute approximate surface area is 122 Å². The topological polar surface area (TPSA) is 51.7 Å². The third kappa shape index (κ3) is 5.57. The highest BCUT2D eigenvalue weighted by Gasteiger charge is 2.24. The molecule has 106 valence electrons. The summed E-state index contributed by atoms with van der Waals surface area (Å²) in [6.07, 6.45) is -0.435. The van der Waals surface area contributed by atoms with Crippen LogP contribution in [0.25, 0.3) is 0 Å². The molecule has 0 unspecified atom stereocenters. The molecular formula is C13H19BrN2O3. The van der Waals surface area contributed by atoms with E-state index >= 15 is 0 Å². The van der Waals surface area contributed by atoms with Crippen LogP contribution in [0.4, 0.5) is 10.6 Å². The molecule has 0 bridgehead atoms. The molecule has 6 heteroatoms. The monoisotopic (exact) mass is 330 g/mol. The molecule has 1 amide bonds. The van der Waals surface area contributed by atoms with Gasteiger partial charge in [0.1, 0.15) is 16.0 Å². The van der Waals surface area contributed by atoms with Crippen LogP contribution in [-0.4, -0.2) is 36.9 Å². The van der Waals surface area contributed by atoms with E-state index in [2.05, 4.69) is 20.9 Å². The number of ether oxygens (including phenoxy) is 2. The molecular weight excluding hydrogens is 312 g/mol. The number of rotatable bonds is 4. The zero-order valence-corrected chi connectivity index (χ0v) is 13.2. The van der Waals surface area contributed by atoms with Crippen molar-refractivity contribution in [3.05, 3.63) is 22.8 Å². The van der Waals surface area contributed by atoms with E-state index in [1.165, 1.54) is 4.90 Å². The summed E-state index contributed by atoms with van der Waals surface area (Å²) in [6, 6.07) is 5.37. The quantitative estimate of drug-likeness (QED) is 0.795. The largest absolute Gasteiger partial charge is 0.443 e. The van der Waals surface area contributed by atoms with E-state index in [1.807, 2.05) is 26.8 Å². The van der Waals surface area contributed by atoms with Gasteiger partial charge < -0.3 is 9.47 Å². The van der Waals surface area contributed by atoms with Crippen LogP contribution in [0.15, 0.2) is 22.8 Å². The number of nitrogens with zero attached hydrogens (tertiary/aromatic N) is 2. The van der Waals surface area contributed by atoms with Crippen LogP contribution in [0.2, 0.25) is 0 Å². The third-order valence-corrected chi connectivity index (χ3v) is 2.55. The summed E-state index contributed by atoms with van der Waals surface area (Å²) >= 11 is 3.29. The molecule has 1 rings (SSSR count). The molecule has 0 spiro atoms. The van der Waals surface area contributed by atoms with Crippen LogP contribution < -0.4 is 4.90 Å². The van der Waals surface area contributed by atoms with E-state index in [-0.39, 0.29) is 0 Å². The Kier molecular flexibility index (Phi) is 5.75. The Morgan fingerprint density at radius 1 is 1.42 bits per heavy atom. The van der Waals surface area contributed by atoms with Crippen molar-refractivity contribution >= 4 is 27.8 Å². The van der Waals surface area contributed by atoms with Crippen LogP contribution >= 0.6 is 15.9 Å². The molecule has 1 aromatic heterocycles. The van der Waals surface area contributed by atoms with Crippen molar-refractivity contribution < 1.29 is 14.3 Å². The first-order valence-corrected chi connectivity index (χ1v) is 6.75. The zero-order chi connectivity index (χ0) is 14.5. The van der Waals surface area contributed by atoms with Gasteiger partial charge in [-0.3, -0.25) is 4.90 Å². The summed E-state index contributed by atoms with van der Waals surface area (Å²) in [4.78, 5) is 17.9. The van der Waals surface area contributed by atoms with Gasteiger partial charge in [-0.05, 0) is 48.8 Å². The Morgan fingerprint density at radius 3 is 2.63 bits per heavy atom. The van der Waals surface area contributed by atoms with Crippen LogP contribution in [0, 0.1) is 0 Å². The predicted molar refractivity (Wildman–Crippen MR) is 77.4 cm³/mol. The summed E-state index contributed by atoms with van der Waals surface area (Å²) in [5.74, 6) is 0.528. The van der Waals surface area contributed by atoms with Gasteiger partial charge in [-0.15, -0.1) is 0 Å². The molecule has 0 saturated carbocycles. The molecule has 19 heavy (non-hydrogen) atoms. The summed E-state index contributed by atoms with van der Waals surface area (Å²) in [5, 5.41) is 0. The molecule has 0 aliphatic heterocycles. The maximum absolute atomic E-state index is 12.2.